The Morgan fingerprint density at radius 2 is 1.29 bits per heavy atom. The van der Waals surface area contributed by atoms with E-state index < -0.39 is 5.60 Å². The Balaban J connectivity index is 2.17. The molecular weight excluding hydrogens is 296 g/mol. The number of fused-ring (bicyclic) bond motifs is 1. The molecule has 2 aromatic rings. The normalized spacial score (nSPS) is 22.0. The largest absolute Gasteiger partial charge is 0.508 e. The monoisotopic (exact) mass is 324 g/mol. The van der Waals surface area contributed by atoms with Gasteiger partial charge in [-0.1, -0.05) is 19.9 Å². The van der Waals surface area contributed by atoms with Gasteiger partial charge < -0.3 is 9.84 Å². The molecule has 1 heterocycles. The average molecular weight is 324 g/mol. The highest BCUT2D eigenvalue weighted by Crippen LogP contribution is 2.51. The third kappa shape index (κ3) is 2.58. The first-order chi connectivity index (χ1) is 11.0. The van der Waals surface area contributed by atoms with Gasteiger partial charge in [0.25, 0.3) is 0 Å². The van der Waals surface area contributed by atoms with Crippen molar-refractivity contribution in [2.45, 2.75) is 65.9 Å². The summed E-state index contributed by atoms with van der Waals surface area (Å²) in [7, 11) is 0. The molecule has 1 atom stereocenters. The highest BCUT2D eigenvalue weighted by Gasteiger charge is 2.44. The van der Waals surface area contributed by atoms with E-state index in [4.69, 9.17) is 4.74 Å². The molecule has 2 heteroatoms. The Kier molecular flexibility index (Phi) is 3.71. The minimum atomic E-state index is -0.541. The lowest BCUT2D eigenvalue weighted by Gasteiger charge is -2.45. The Bertz CT molecular complexity index is 817. The van der Waals surface area contributed by atoms with Crippen molar-refractivity contribution in [3.8, 4) is 11.5 Å². The topological polar surface area (TPSA) is 29.5 Å². The maximum absolute atomic E-state index is 10.6. The van der Waals surface area contributed by atoms with Gasteiger partial charge in [0.1, 0.15) is 17.1 Å². The molecule has 24 heavy (non-hydrogen) atoms. The summed E-state index contributed by atoms with van der Waals surface area (Å²) >= 11 is 0. The van der Waals surface area contributed by atoms with Crippen LogP contribution < -0.4 is 4.74 Å². The summed E-state index contributed by atoms with van der Waals surface area (Å²) in [5.74, 6) is 1.26. The number of aromatic hydroxyl groups is 1. The first-order valence-corrected chi connectivity index (χ1v) is 8.65. The van der Waals surface area contributed by atoms with Crippen LogP contribution in [0.15, 0.2) is 24.3 Å². The van der Waals surface area contributed by atoms with Gasteiger partial charge in [0.05, 0.1) is 0 Å². The summed E-state index contributed by atoms with van der Waals surface area (Å²) in [6.07, 6.45) is 0.825. The van der Waals surface area contributed by atoms with Crippen LogP contribution in [0, 0.1) is 27.7 Å². The van der Waals surface area contributed by atoms with Crippen LogP contribution in [0.1, 0.15) is 60.6 Å². The molecule has 0 bridgehead atoms. The fourth-order valence-electron chi connectivity index (χ4n) is 4.00. The van der Waals surface area contributed by atoms with Crippen molar-refractivity contribution < 1.29 is 9.84 Å². The van der Waals surface area contributed by atoms with Crippen molar-refractivity contribution >= 4 is 0 Å². The van der Waals surface area contributed by atoms with E-state index in [9.17, 15) is 5.11 Å². The number of phenols is 1. The number of ether oxygens (including phenoxy) is 1. The van der Waals surface area contributed by atoms with E-state index in [1.54, 1.807) is 0 Å². The highest BCUT2D eigenvalue weighted by molar-refractivity contribution is 5.51. The van der Waals surface area contributed by atoms with E-state index in [1.165, 1.54) is 22.3 Å². The second-order valence-corrected chi connectivity index (χ2v) is 8.28. The summed E-state index contributed by atoms with van der Waals surface area (Å²) in [5.41, 5.74) is 6.38. The lowest BCUT2D eigenvalue weighted by Crippen LogP contribution is -2.41. The molecule has 2 nitrogen and oxygen atoms in total. The van der Waals surface area contributed by atoms with Gasteiger partial charge in [-0.15, -0.1) is 0 Å². The quantitative estimate of drug-likeness (QED) is 0.739. The molecule has 0 radical (unpaired) electrons. The van der Waals surface area contributed by atoms with Crippen molar-refractivity contribution in [2.24, 2.45) is 0 Å². The third-order valence-electron chi connectivity index (χ3n) is 5.62. The minimum absolute atomic E-state index is 0.0218. The number of benzene rings is 2. The molecule has 0 fully saturated rings. The van der Waals surface area contributed by atoms with Gasteiger partial charge in [0, 0.05) is 17.5 Å². The molecule has 2 aromatic carbocycles. The molecule has 0 aromatic heterocycles. The number of hydrogen-bond donors (Lipinski definition) is 1. The van der Waals surface area contributed by atoms with Crippen molar-refractivity contribution in [1.29, 1.82) is 0 Å². The van der Waals surface area contributed by atoms with Gasteiger partial charge in [-0.3, -0.25) is 0 Å². The molecule has 128 valence electrons. The van der Waals surface area contributed by atoms with Crippen LogP contribution in [0.4, 0.5) is 0 Å². The molecule has 1 aliphatic heterocycles. The van der Waals surface area contributed by atoms with Crippen LogP contribution >= 0.6 is 0 Å². The molecule has 1 N–H and O–H groups in total. The standard InChI is InChI=1S/C22H28O2/c1-13-8-17(19(23)10-15(13)3)22(7)12-21(5,6)18-9-14(2)16(4)11-20(18)24-22/h8-11,23H,12H2,1-7H3. The number of phenolic OH excluding ortho intramolecular Hbond substituents is 1. The molecular formula is C22H28O2. The Morgan fingerprint density at radius 1 is 0.792 bits per heavy atom. The third-order valence-corrected chi connectivity index (χ3v) is 5.62. The van der Waals surface area contributed by atoms with Gasteiger partial charge in [0.15, 0.2) is 0 Å². The van der Waals surface area contributed by atoms with E-state index in [1.807, 2.05) is 13.0 Å². The number of rotatable bonds is 1. The van der Waals surface area contributed by atoms with Crippen LogP contribution in [0.5, 0.6) is 11.5 Å². The Hall–Kier alpha value is -1.96. The fourth-order valence-corrected chi connectivity index (χ4v) is 4.00. The molecule has 1 unspecified atom stereocenters. The maximum atomic E-state index is 10.6. The average Bonchev–Trinajstić information content (AvgIpc) is 2.44. The van der Waals surface area contributed by atoms with Crippen LogP contribution in [0.3, 0.4) is 0 Å². The van der Waals surface area contributed by atoms with Crippen LogP contribution in [0.25, 0.3) is 0 Å². The van der Waals surface area contributed by atoms with E-state index in [0.29, 0.717) is 5.75 Å². The van der Waals surface area contributed by atoms with Gasteiger partial charge >= 0.3 is 0 Å². The number of hydrogen-bond acceptors (Lipinski definition) is 2. The predicted octanol–water partition coefficient (Wildman–Crippen LogP) is 5.60. The van der Waals surface area contributed by atoms with Crippen molar-refractivity contribution in [3.05, 3.63) is 57.6 Å². The van der Waals surface area contributed by atoms with Crippen LogP contribution in [0.2, 0.25) is 0 Å². The van der Waals surface area contributed by atoms with Gasteiger partial charge in [-0.25, -0.2) is 0 Å². The lowest BCUT2D eigenvalue weighted by atomic mass is 9.70. The molecule has 0 saturated carbocycles. The van der Waals surface area contributed by atoms with Crippen molar-refractivity contribution in [1.82, 2.24) is 0 Å². The molecule has 0 aliphatic carbocycles. The van der Waals surface area contributed by atoms with Crippen LogP contribution in [-0.2, 0) is 11.0 Å². The zero-order valence-corrected chi connectivity index (χ0v) is 15.9. The van der Waals surface area contributed by atoms with Gasteiger partial charge in [-0.2, -0.15) is 0 Å². The summed E-state index contributed by atoms with van der Waals surface area (Å²) in [4.78, 5) is 0. The van der Waals surface area contributed by atoms with E-state index in [0.717, 1.165) is 23.3 Å². The zero-order valence-electron chi connectivity index (χ0n) is 15.9. The maximum Gasteiger partial charge on any atom is 0.136 e. The van der Waals surface area contributed by atoms with Crippen LogP contribution in [-0.4, -0.2) is 5.11 Å². The zero-order chi connectivity index (χ0) is 17.9. The van der Waals surface area contributed by atoms with E-state index >= 15 is 0 Å². The first kappa shape index (κ1) is 16.9. The van der Waals surface area contributed by atoms with Gasteiger partial charge in [0.2, 0.25) is 0 Å². The second kappa shape index (κ2) is 5.27. The lowest BCUT2D eigenvalue weighted by molar-refractivity contribution is 0.0303. The molecule has 0 saturated heterocycles. The summed E-state index contributed by atoms with van der Waals surface area (Å²) in [5, 5.41) is 10.6. The molecule has 3 rings (SSSR count). The summed E-state index contributed by atoms with van der Waals surface area (Å²) < 4.78 is 6.49. The van der Waals surface area contributed by atoms with Gasteiger partial charge in [-0.05, 0) is 80.5 Å². The van der Waals surface area contributed by atoms with Crippen molar-refractivity contribution in [3.63, 3.8) is 0 Å². The van der Waals surface area contributed by atoms with E-state index in [2.05, 4.69) is 59.7 Å². The predicted molar refractivity (Wildman–Crippen MR) is 99.1 cm³/mol. The SMILES string of the molecule is Cc1cc(O)c(C2(C)CC(C)(C)c3cc(C)c(C)cc3O2)cc1C. The first-order valence-electron chi connectivity index (χ1n) is 8.65. The second-order valence-electron chi connectivity index (χ2n) is 8.28. The van der Waals surface area contributed by atoms with Crippen molar-refractivity contribution in [2.75, 3.05) is 0 Å². The summed E-state index contributed by atoms with van der Waals surface area (Å²) in [6.45, 7) is 15.0. The minimum Gasteiger partial charge on any atom is -0.508 e. The van der Waals surface area contributed by atoms with E-state index in [-0.39, 0.29) is 5.41 Å². The fraction of sp³-hybridized carbons (Fsp3) is 0.455. The summed E-state index contributed by atoms with van der Waals surface area (Å²) in [6, 6.07) is 8.32. The Morgan fingerprint density at radius 3 is 1.92 bits per heavy atom. The highest BCUT2D eigenvalue weighted by atomic mass is 16.5. The molecule has 0 spiro atoms. The smallest absolute Gasteiger partial charge is 0.136 e. The Labute approximate surface area is 145 Å². The molecule has 1 aliphatic rings. The number of aryl methyl sites for hydroxylation is 4. The molecule has 0 amide bonds.